The highest BCUT2D eigenvalue weighted by molar-refractivity contribution is 8.00. The van der Waals surface area contributed by atoms with Crippen LogP contribution in [0.5, 0.6) is 0 Å². The average molecular weight is 311 g/mol. The highest BCUT2D eigenvalue weighted by atomic mass is 32.2. The monoisotopic (exact) mass is 310 g/mol. The summed E-state index contributed by atoms with van der Waals surface area (Å²) in [6.07, 6.45) is 12.5. The van der Waals surface area contributed by atoms with E-state index >= 15 is 0 Å². The minimum absolute atomic E-state index is 0.573. The zero-order chi connectivity index (χ0) is 14.9. The maximum absolute atomic E-state index is 2.90. The van der Waals surface area contributed by atoms with Crippen LogP contribution in [0.1, 0.15) is 58.8 Å². The molecule has 2 aliphatic heterocycles. The lowest BCUT2D eigenvalue weighted by Crippen LogP contribution is -2.62. The molecule has 122 valence electrons. The van der Waals surface area contributed by atoms with Crippen molar-refractivity contribution in [1.82, 2.24) is 9.80 Å². The first-order valence-corrected chi connectivity index (χ1v) is 10.4. The molecular formula is C18H34N2S. The van der Waals surface area contributed by atoms with Crippen LogP contribution in [0.2, 0.25) is 0 Å². The highest BCUT2D eigenvalue weighted by Crippen LogP contribution is 2.42. The van der Waals surface area contributed by atoms with Crippen LogP contribution in [0.25, 0.3) is 0 Å². The van der Waals surface area contributed by atoms with E-state index in [1.807, 2.05) is 0 Å². The largest absolute Gasteiger partial charge is 0.298 e. The van der Waals surface area contributed by atoms with Crippen molar-refractivity contribution >= 4 is 11.8 Å². The van der Waals surface area contributed by atoms with E-state index in [4.69, 9.17) is 0 Å². The lowest BCUT2D eigenvalue weighted by Gasteiger charge is -2.51. The molecule has 0 amide bonds. The summed E-state index contributed by atoms with van der Waals surface area (Å²) in [7, 11) is 0. The molecule has 2 saturated heterocycles. The van der Waals surface area contributed by atoms with Gasteiger partial charge in [0.15, 0.2) is 0 Å². The van der Waals surface area contributed by atoms with E-state index in [2.05, 4.69) is 41.7 Å². The summed E-state index contributed by atoms with van der Waals surface area (Å²) in [5.41, 5.74) is 0. The number of fused-ring (bicyclic) bond motifs is 1. The van der Waals surface area contributed by atoms with Gasteiger partial charge in [-0.1, -0.05) is 33.1 Å². The zero-order valence-electron chi connectivity index (χ0n) is 14.3. The van der Waals surface area contributed by atoms with Crippen LogP contribution in [-0.4, -0.2) is 59.1 Å². The van der Waals surface area contributed by atoms with Crippen LogP contribution in [0.3, 0.4) is 0 Å². The molecule has 3 aliphatic rings. The van der Waals surface area contributed by atoms with Crippen LogP contribution in [0.15, 0.2) is 0 Å². The van der Waals surface area contributed by atoms with Gasteiger partial charge in [0.1, 0.15) is 0 Å². The fourth-order valence-electron chi connectivity index (χ4n) is 4.90. The molecule has 2 nitrogen and oxygen atoms in total. The normalized spacial score (nSPS) is 34.3. The quantitative estimate of drug-likeness (QED) is 0.778. The third kappa shape index (κ3) is 3.45. The van der Waals surface area contributed by atoms with Gasteiger partial charge in [-0.25, -0.2) is 0 Å². The topological polar surface area (TPSA) is 6.48 Å². The maximum Gasteiger partial charge on any atom is 0.0284 e. The Morgan fingerprint density at radius 3 is 2.52 bits per heavy atom. The Bertz CT molecular complexity index is 338. The molecule has 0 radical (unpaired) electrons. The Hall–Kier alpha value is 0.270. The van der Waals surface area contributed by atoms with Crippen molar-refractivity contribution in [2.24, 2.45) is 5.92 Å². The molecule has 3 rings (SSSR count). The van der Waals surface area contributed by atoms with E-state index in [1.54, 1.807) is 0 Å². The molecule has 2 unspecified atom stereocenters. The van der Waals surface area contributed by atoms with Crippen LogP contribution in [0, 0.1) is 5.92 Å². The molecule has 0 aromatic heterocycles. The van der Waals surface area contributed by atoms with E-state index in [1.165, 1.54) is 71.1 Å². The summed E-state index contributed by atoms with van der Waals surface area (Å²) in [5.74, 6) is 0.785. The molecule has 3 heteroatoms. The van der Waals surface area contributed by atoms with Gasteiger partial charge in [0, 0.05) is 36.5 Å². The smallest absolute Gasteiger partial charge is 0.0284 e. The van der Waals surface area contributed by atoms with Gasteiger partial charge in [0.25, 0.3) is 0 Å². The van der Waals surface area contributed by atoms with Gasteiger partial charge in [-0.3, -0.25) is 9.80 Å². The molecule has 0 N–H and O–H groups in total. The Morgan fingerprint density at radius 2 is 1.86 bits per heavy atom. The first kappa shape index (κ1) is 16.1. The third-order valence-electron chi connectivity index (χ3n) is 6.29. The van der Waals surface area contributed by atoms with Crippen molar-refractivity contribution in [3.63, 3.8) is 0 Å². The lowest BCUT2D eigenvalue weighted by atomic mass is 9.91. The number of hydrogen-bond donors (Lipinski definition) is 0. The number of thioether (sulfide) groups is 1. The van der Waals surface area contributed by atoms with Crippen molar-refractivity contribution in [3.8, 4) is 0 Å². The van der Waals surface area contributed by atoms with Crippen LogP contribution in [0.4, 0.5) is 0 Å². The van der Waals surface area contributed by atoms with E-state index in [-0.39, 0.29) is 0 Å². The molecular weight excluding hydrogens is 276 g/mol. The van der Waals surface area contributed by atoms with E-state index < -0.39 is 0 Å². The first-order valence-electron chi connectivity index (χ1n) is 9.17. The minimum Gasteiger partial charge on any atom is -0.298 e. The molecule has 0 spiro atoms. The highest BCUT2D eigenvalue weighted by Gasteiger charge is 2.41. The Kier molecular flexibility index (Phi) is 5.23. The fourth-order valence-corrected chi connectivity index (χ4v) is 5.89. The summed E-state index contributed by atoms with van der Waals surface area (Å²) < 4.78 is 0.573. The van der Waals surface area contributed by atoms with Gasteiger partial charge in [0.2, 0.25) is 0 Å². The SMILES string of the molecule is CSC1(CN2CC3CCCCN3CC2C(C)C)CCCC1. The fraction of sp³-hybridized carbons (Fsp3) is 1.00. The van der Waals surface area contributed by atoms with Crippen molar-refractivity contribution in [2.75, 3.05) is 32.4 Å². The minimum atomic E-state index is 0.573. The number of hydrogen-bond acceptors (Lipinski definition) is 3. The number of piperidine rings is 1. The molecule has 1 aliphatic carbocycles. The molecule has 1 saturated carbocycles. The second kappa shape index (κ2) is 6.80. The Balaban J connectivity index is 1.71. The Labute approximate surface area is 136 Å². The van der Waals surface area contributed by atoms with Crippen molar-refractivity contribution in [2.45, 2.75) is 75.6 Å². The average Bonchev–Trinajstić information content (AvgIpc) is 2.95. The maximum atomic E-state index is 2.90. The lowest BCUT2D eigenvalue weighted by molar-refractivity contribution is -0.0116. The number of nitrogens with zero attached hydrogens (tertiary/aromatic N) is 2. The van der Waals surface area contributed by atoms with Gasteiger partial charge in [0.05, 0.1) is 0 Å². The van der Waals surface area contributed by atoms with E-state index in [0.717, 1.165) is 18.0 Å². The van der Waals surface area contributed by atoms with Crippen LogP contribution < -0.4 is 0 Å². The third-order valence-corrected chi connectivity index (χ3v) is 7.70. The van der Waals surface area contributed by atoms with Crippen molar-refractivity contribution in [3.05, 3.63) is 0 Å². The molecule has 3 fully saturated rings. The van der Waals surface area contributed by atoms with Crippen LogP contribution >= 0.6 is 11.8 Å². The summed E-state index contributed by atoms with van der Waals surface area (Å²) >= 11 is 2.16. The summed E-state index contributed by atoms with van der Waals surface area (Å²) in [6.45, 7) is 10.2. The molecule has 21 heavy (non-hydrogen) atoms. The molecule has 0 aromatic rings. The van der Waals surface area contributed by atoms with Crippen molar-refractivity contribution in [1.29, 1.82) is 0 Å². The van der Waals surface area contributed by atoms with E-state index in [0.29, 0.717) is 4.75 Å². The summed E-state index contributed by atoms with van der Waals surface area (Å²) in [6, 6.07) is 1.64. The Morgan fingerprint density at radius 1 is 1.10 bits per heavy atom. The predicted octanol–water partition coefficient (Wildman–Crippen LogP) is 3.86. The van der Waals surface area contributed by atoms with Gasteiger partial charge in [-0.2, -0.15) is 11.8 Å². The second-order valence-corrected chi connectivity index (χ2v) is 9.25. The molecule has 2 atom stereocenters. The molecule has 2 heterocycles. The van der Waals surface area contributed by atoms with Gasteiger partial charge >= 0.3 is 0 Å². The number of rotatable bonds is 4. The van der Waals surface area contributed by atoms with E-state index in [9.17, 15) is 0 Å². The number of piperazine rings is 1. The van der Waals surface area contributed by atoms with Gasteiger partial charge in [-0.05, 0) is 44.4 Å². The standard InChI is InChI=1S/C18H34N2S/c1-15(2)17-13-19-11-7-4-8-16(19)12-20(17)14-18(21-3)9-5-6-10-18/h15-17H,4-14H2,1-3H3. The summed E-state index contributed by atoms with van der Waals surface area (Å²) in [4.78, 5) is 5.71. The van der Waals surface area contributed by atoms with Crippen molar-refractivity contribution < 1.29 is 0 Å². The van der Waals surface area contributed by atoms with Crippen LogP contribution in [-0.2, 0) is 0 Å². The molecule has 0 aromatic carbocycles. The van der Waals surface area contributed by atoms with Gasteiger partial charge in [-0.15, -0.1) is 0 Å². The first-order chi connectivity index (χ1) is 10.1. The zero-order valence-corrected chi connectivity index (χ0v) is 15.1. The second-order valence-electron chi connectivity index (χ2n) is 7.98. The predicted molar refractivity (Wildman–Crippen MR) is 94.1 cm³/mol. The summed E-state index contributed by atoms with van der Waals surface area (Å²) in [5, 5.41) is 0. The van der Waals surface area contributed by atoms with Gasteiger partial charge < -0.3 is 0 Å². The molecule has 0 bridgehead atoms.